The van der Waals surface area contributed by atoms with Gasteiger partial charge in [0.05, 0.1) is 25.3 Å². The number of aldehydes is 1. The Morgan fingerprint density at radius 1 is 1.00 bits per heavy atom. The minimum absolute atomic E-state index is 0.00447. The molecule has 120 valence electrons. The number of phenols is 2. The van der Waals surface area contributed by atoms with E-state index in [9.17, 15) is 19.8 Å². The number of ketones is 1. The summed E-state index contributed by atoms with van der Waals surface area (Å²) in [6.07, 6.45) is 0.468. The van der Waals surface area contributed by atoms with Gasteiger partial charge in [0.2, 0.25) is 0 Å². The highest BCUT2D eigenvalue weighted by molar-refractivity contribution is 6.15. The van der Waals surface area contributed by atoms with Crippen LogP contribution in [0, 0.1) is 6.92 Å². The van der Waals surface area contributed by atoms with Gasteiger partial charge < -0.3 is 19.7 Å². The highest BCUT2D eigenvalue weighted by Crippen LogP contribution is 2.35. The van der Waals surface area contributed by atoms with E-state index in [4.69, 9.17) is 9.47 Å². The Balaban J connectivity index is 2.69. The molecule has 0 amide bonds. The maximum atomic E-state index is 12.7. The normalized spacial score (nSPS) is 10.2. The molecule has 0 aliphatic rings. The number of phenolic OH excluding ortho intramolecular Hbond substituents is 2. The first-order valence-corrected chi connectivity index (χ1v) is 6.71. The topological polar surface area (TPSA) is 93.1 Å². The van der Waals surface area contributed by atoms with E-state index in [1.54, 1.807) is 13.0 Å². The second kappa shape index (κ2) is 6.39. The summed E-state index contributed by atoms with van der Waals surface area (Å²) in [5.74, 6) is -0.964. The number of hydrogen-bond acceptors (Lipinski definition) is 6. The van der Waals surface area contributed by atoms with Crippen molar-refractivity contribution in [2.75, 3.05) is 14.2 Å². The van der Waals surface area contributed by atoms with Crippen molar-refractivity contribution in [3.05, 3.63) is 46.5 Å². The molecule has 0 unspecified atom stereocenters. The molecule has 2 aromatic carbocycles. The molecular weight excluding hydrogens is 300 g/mol. The number of methoxy groups -OCH3 is 2. The summed E-state index contributed by atoms with van der Waals surface area (Å²) < 4.78 is 10.0. The van der Waals surface area contributed by atoms with E-state index in [1.807, 2.05) is 0 Å². The molecule has 0 saturated heterocycles. The zero-order valence-corrected chi connectivity index (χ0v) is 12.9. The average molecular weight is 316 g/mol. The van der Waals surface area contributed by atoms with Crippen LogP contribution in [0.15, 0.2) is 24.3 Å². The SMILES string of the molecule is COc1cc(C)cc(C(=O)c2cc(O)cc(OC)c2C=O)c1O. The summed E-state index contributed by atoms with van der Waals surface area (Å²) in [6.45, 7) is 1.74. The van der Waals surface area contributed by atoms with Crippen molar-refractivity contribution in [2.45, 2.75) is 6.92 Å². The standard InChI is InChI=1S/C17H16O6/c1-9-4-12(17(21)15(5-9)23-3)16(20)11-6-10(19)7-14(22-2)13(11)8-18/h4-8,19,21H,1-3H3. The molecule has 0 aliphatic heterocycles. The monoisotopic (exact) mass is 316 g/mol. The maximum absolute atomic E-state index is 12.7. The summed E-state index contributed by atoms with van der Waals surface area (Å²) in [7, 11) is 2.69. The second-order valence-electron chi connectivity index (χ2n) is 4.92. The van der Waals surface area contributed by atoms with Crippen LogP contribution in [0.25, 0.3) is 0 Å². The number of aromatic hydroxyl groups is 2. The molecule has 2 aromatic rings. The molecule has 2 rings (SSSR count). The molecule has 0 heterocycles. The smallest absolute Gasteiger partial charge is 0.197 e. The third kappa shape index (κ3) is 2.96. The van der Waals surface area contributed by atoms with Crippen molar-refractivity contribution in [1.82, 2.24) is 0 Å². The van der Waals surface area contributed by atoms with E-state index in [0.717, 1.165) is 6.07 Å². The molecule has 2 N–H and O–H groups in total. The van der Waals surface area contributed by atoms with Gasteiger partial charge in [-0.25, -0.2) is 0 Å². The lowest BCUT2D eigenvalue weighted by molar-refractivity contribution is 0.102. The Morgan fingerprint density at radius 3 is 2.22 bits per heavy atom. The molecule has 0 aliphatic carbocycles. The van der Waals surface area contributed by atoms with Crippen molar-refractivity contribution in [1.29, 1.82) is 0 Å². The molecule has 0 fully saturated rings. The Hall–Kier alpha value is -3.02. The Kier molecular flexibility index (Phi) is 4.55. The third-order valence-electron chi connectivity index (χ3n) is 3.39. The predicted molar refractivity (Wildman–Crippen MR) is 82.9 cm³/mol. The number of carbonyl (C=O) groups excluding carboxylic acids is 2. The van der Waals surface area contributed by atoms with Crippen molar-refractivity contribution in [2.24, 2.45) is 0 Å². The molecule has 0 aromatic heterocycles. The minimum Gasteiger partial charge on any atom is -0.508 e. The van der Waals surface area contributed by atoms with Gasteiger partial charge in [-0.15, -0.1) is 0 Å². The van der Waals surface area contributed by atoms with Crippen LogP contribution >= 0.6 is 0 Å². The maximum Gasteiger partial charge on any atom is 0.197 e. The highest BCUT2D eigenvalue weighted by Gasteiger charge is 2.23. The van der Waals surface area contributed by atoms with Crippen LogP contribution in [-0.2, 0) is 0 Å². The van der Waals surface area contributed by atoms with Crippen LogP contribution in [0.3, 0.4) is 0 Å². The molecule has 0 spiro atoms. The first-order chi connectivity index (χ1) is 10.9. The quantitative estimate of drug-likeness (QED) is 0.650. The van der Waals surface area contributed by atoms with Gasteiger partial charge in [-0.3, -0.25) is 9.59 Å². The van der Waals surface area contributed by atoms with Crippen LogP contribution in [0.5, 0.6) is 23.0 Å². The van der Waals surface area contributed by atoms with Gasteiger partial charge >= 0.3 is 0 Å². The first kappa shape index (κ1) is 16.4. The fourth-order valence-corrected chi connectivity index (χ4v) is 2.31. The van der Waals surface area contributed by atoms with E-state index in [1.165, 1.54) is 26.4 Å². The van der Waals surface area contributed by atoms with Crippen LogP contribution in [-0.4, -0.2) is 36.5 Å². The summed E-state index contributed by atoms with van der Waals surface area (Å²) in [5, 5.41) is 19.9. The largest absolute Gasteiger partial charge is 0.508 e. The Labute approximate surface area is 132 Å². The number of carbonyl (C=O) groups is 2. The van der Waals surface area contributed by atoms with Crippen molar-refractivity contribution >= 4 is 12.1 Å². The van der Waals surface area contributed by atoms with Crippen LogP contribution in [0.2, 0.25) is 0 Å². The Bertz CT molecular complexity index is 779. The molecule has 0 saturated carbocycles. The number of rotatable bonds is 5. The number of benzene rings is 2. The van der Waals surface area contributed by atoms with Gasteiger partial charge in [0.1, 0.15) is 11.5 Å². The van der Waals surface area contributed by atoms with Crippen LogP contribution in [0.1, 0.15) is 31.8 Å². The lowest BCUT2D eigenvalue weighted by Gasteiger charge is -2.13. The molecule has 6 nitrogen and oxygen atoms in total. The van der Waals surface area contributed by atoms with Crippen LogP contribution in [0.4, 0.5) is 0 Å². The molecule has 23 heavy (non-hydrogen) atoms. The number of aryl methyl sites for hydroxylation is 1. The minimum atomic E-state index is -0.624. The number of hydrogen-bond donors (Lipinski definition) is 2. The molecule has 0 atom stereocenters. The predicted octanol–water partition coefficient (Wildman–Crippen LogP) is 2.47. The van der Waals surface area contributed by atoms with E-state index in [0.29, 0.717) is 11.8 Å². The second-order valence-corrected chi connectivity index (χ2v) is 4.92. The number of ether oxygens (including phenoxy) is 2. The van der Waals surface area contributed by atoms with Gasteiger partial charge in [0.15, 0.2) is 23.6 Å². The summed E-state index contributed by atoms with van der Waals surface area (Å²) >= 11 is 0. The van der Waals surface area contributed by atoms with Crippen LogP contribution < -0.4 is 9.47 Å². The summed E-state index contributed by atoms with van der Waals surface area (Å²) in [4.78, 5) is 24.1. The third-order valence-corrected chi connectivity index (χ3v) is 3.39. The molecule has 6 heteroatoms. The van der Waals surface area contributed by atoms with E-state index < -0.39 is 5.78 Å². The van der Waals surface area contributed by atoms with E-state index in [2.05, 4.69) is 0 Å². The summed E-state index contributed by atoms with van der Waals surface area (Å²) in [5.41, 5.74) is 0.593. The van der Waals surface area contributed by atoms with Crippen molar-refractivity contribution < 1.29 is 29.3 Å². The lowest BCUT2D eigenvalue weighted by Crippen LogP contribution is -2.08. The molecule has 0 radical (unpaired) electrons. The van der Waals surface area contributed by atoms with Gasteiger partial charge in [-0.1, -0.05) is 0 Å². The van der Waals surface area contributed by atoms with Gasteiger partial charge in [-0.05, 0) is 30.7 Å². The highest BCUT2D eigenvalue weighted by atomic mass is 16.5. The van der Waals surface area contributed by atoms with Gasteiger partial charge in [0, 0.05) is 11.6 Å². The van der Waals surface area contributed by atoms with E-state index >= 15 is 0 Å². The zero-order chi connectivity index (χ0) is 17.1. The molecular formula is C17H16O6. The average Bonchev–Trinajstić information content (AvgIpc) is 2.54. The van der Waals surface area contributed by atoms with E-state index in [-0.39, 0.29) is 39.7 Å². The summed E-state index contributed by atoms with van der Waals surface area (Å²) in [6, 6.07) is 5.45. The fraction of sp³-hybridized carbons (Fsp3) is 0.176. The Morgan fingerprint density at radius 2 is 1.65 bits per heavy atom. The van der Waals surface area contributed by atoms with Crippen molar-refractivity contribution in [3.63, 3.8) is 0 Å². The lowest BCUT2D eigenvalue weighted by atomic mass is 9.96. The zero-order valence-electron chi connectivity index (χ0n) is 12.9. The van der Waals surface area contributed by atoms with Gasteiger partial charge in [-0.2, -0.15) is 0 Å². The van der Waals surface area contributed by atoms with Crippen molar-refractivity contribution in [3.8, 4) is 23.0 Å². The van der Waals surface area contributed by atoms with Gasteiger partial charge in [0.25, 0.3) is 0 Å². The fourth-order valence-electron chi connectivity index (χ4n) is 2.31. The first-order valence-electron chi connectivity index (χ1n) is 6.71. The molecule has 0 bridgehead atoms.